The van der Waals surface area contributed by atoms with Crippen LogP contribution in [0.15, 0.2) is 42.6 Å². The van der Waals surface area contributed by atoms with Gasteiger partial charge in [0, 0.05) is 17.8 Å². The van der Waals surface area contributed by atoms with Gasteiger partial charge >= 0.3 is 0 Å². The molecular formula is C14H15N3. The molecule has 1 aromatic carbocycles. The molecule has 3 rings (SSSR count). The average molecular weight is 225 g/mol. The monoisotopic (exact) mass is 225 g/mol. The highest BCUT2D eigenvalue weighted by molar-refractivity contribution is 5.54. The number of rotatable bonds is 2. The summed E-state index contributed by atoms with van der Waals surface area (Å²) in [4.78, 5) is 8.99. The Kier molecular flexibility index (Phi) is 2.84. The summed E-state index contributed by atoms with van der Waals surface area (Å²) in [5, 5.41) is 3.46. The van der Waals surface area contributed by atoms with Crippen molar-refractivity contribution < 1.29 is 0 Å². The summed E-state index contributed by atoms with van der Waals surface area (Å²) in [6, 6.07) is 12.5. The zero-order valence-electron chi connectivity index (χ0n) is 9.63. The zero-order valence-corrected chi connectivity index (χ0v) is 9.63. The van der Waals surface area contributed by atoms with Crippen molar-refractivity contribution >= 4 is 0 Å². The van der Waals surface area contributed by atoms with Gasteiger partial charge in [-0.2, -0.15) is 0 Å². The first kappa shape index (κ1) is 10.4. The summed E-state index contributed by atoms with van der Waals surface area (Å²) < 4.78 is 0. The van der Waals surface area contributed by atoms with Crippen LogP contribution in [-0.4, -0.2) is 16.5 Å². The summed E-state index contributed by atoms with van der Waals surface area (Å²) in [5.41, 5.74) is 2.18. The Hall–Kier alpha value is -1.74. The van der Waals surface area contributed by atoms with E-state index >= 15 is 0 Å². The van der Waals surface area contributed by atoms with Gasteiger partial charge in [0.05, 0.1) is 5.69 Å². The second kappa shape index (κ2) is 4.63. The number of hydrogen-bond acceptors (Lipinski definition) is 3. The summed E-state index contributed by atoms with van der Waals surface area (Å²) in [6.45, 7) is 1.09. The smallest absolute Gasteiger partial charge is 0.159 e. The number of nitrogens with zero attached hydrogens (tertiary/aromatic N) is 2. The summed E-state index contributed by atoms with van der Waals surface area (Å²) >= 11 is 0. The lowest BCUT2D eigenvalue weighted by Crippen LogP contribution is -2.14. The first-order chi connectivity index (χ1) is 8.43. The predicted octanol–water partition coefficient (Wildman–Crippen LogP) is 2.57. The number of aromatic nitrogens is 2. The van der Waals surface area contributed by atoms with Crippen LogP contribution in [0, 0.1) is 0 Å². The van der Waals surface area contributed by atoms with E-state index in [1.807, 2.05) is 42.6 Å². The Morgan fingerprint density at radius 3 is 2.76 bits per heavy atom. The van der Waals surface area contributed by atoms with Crippen LogP contribution in [0.3, 0.4) is 0 Å². The normalized spacial score (nSPS) is 19.4. The molecule has 0 amide bonds. The first-order valence-electron chi connectivity index (χ1n) is 6.05. The van der Waals surface area contributed by atoms with Crippen molar-refractivity contribution in [1.29, 1.82) is 0 Å². The molecule has 3 nitrogen and oxygen atoms in total. The third-order valence-electron chi connectivity index (χ3n) is 3.13. The van der Waals surface area contributed by atoms with Crippen molar-refractivity contribution in [3.05, 3.63) is 48.3 Å². The maximum Gasteiger partial charge on any atom is 0.159 e. The SMILES string of the molecule is c1ccc(-c2nccc([C@@H]3CCCN3)n2)cc1. The molecule has 86 valence electrons. The van der Waals surface area contributed by atoms with Gasteiger partial charge in [0.2, 0.25) is 0 Å². The number of hydrogen-bond donors (Lipinski definition) is 1. The second-order valence-corrected chi connectivity index (χ2v) is 4.32. The number of benzene rings is 1. The third-order valence-corrected chi connectivity index (χ3v) is 3.13. The highest BCUT2D eigenvalue weighted by Gasteiger charge is 2.17. The summed E-state index contributed by atoms with van der Waals surface area (Å²) in [6.07, 6.45) is 4.26. The molecule has 0 spiro atoms. The Morgan fingerprint density at radius 2 is 2.00 bits per heavy atom. The van der Waals surface area contributed by atoms with E-state index in [2.05, 4.69) is 15.3 Å². The van der Waals surface area contributed by atoms with Gasteiger partial charge in [-0.15, -0.1) is 0 Å². The summed E-state index contributed by atoms with van der Waals surface area (Å²) in [5.74, 6) is 0.816. The maximum absolute atomic E-state index is 4.65. The fourth-order valence-electron chi connectivity index (χ4n) is 2.23. The molecule has 2 heterocycles. The van der Waals surface area contributed by atoms with Crippen molar-refractivity contribution in [3.63, 3.8) is 0 Å². The fraction of sp³-hybridized carbons (Fsp3) is 0.286. The van der Waals surface area contributed by atoms with Gasteiger partial charge in [0.15, 0.2) is 5.82 Å². The molecule has 1 N–H and O–H groups in total. The van der Waals surface area contributed by atoms with Crippen LogP contribution in [0.2, 0.25) is 0 Å². The fourth-order valence-corrected chi connectivity index (χ4v) is 2.23. The Balaban J connectivity index is 1.94. The average Bonchev–Trinajstić information content (AvgIpc) is 2.94. The van der Waals surface area contributed by atoms with Crippen molar-refractivity contribution in [2.24, 2.45) is 0 Å². The van der Waals surface area contributed by atoms with Crippen LogP contribution in [0.25, 0.3) is 11.4 Å². The van der Waals surface area contributed by atoms with E-state index in [0.717, 1.165) is 23.6 Å². The summed E-state index contributed by atoms with van der Waals surface area (Å²) in [7, 11) is 0. The molecule has 1 saturated heterocycles. The van der Waals surface area contributed by atoms with Crippen LogP contribution >= 0.6 is 0 Å². The lowest BCUT2D eigenvalue weighted by Gasteiger charge is -2.10. The van der Waals surface area contributed by atoms with Crippen LogP contribution in [0.5, 0.6) is 0 Å². The molecule has 0 saturated carbocycles. The Bertz CT molecular complexity index is 490. The highest BCUT2D eigenvalue weighted by Crippen LogP contribution is 2.22. The van der Waals surface area contributed by atoms with Gasteiger partial charge in [-0.25, -0.2) is 9.97 Å². The molecule has 0 unspecified atom stereocenters. The second-order valence-electron chi connectivity index (χ2n) is 4.32. The molecule has 1 fully saturated rings. The molecule has 0 bridgehead atoms. The van der Waals surface area contributed by atoms with Crippen molar-refractivity contribution in [3.8, 4) is 11.4 Å². The largest absolute Gasteiger partial charge is 0.309 e. The van der Waals surface area contributed by atoms with Gasteiger partial charge in [-0.1, -0.05) is 30.3 Å². The molecule has 1 aliphatic rings. The van der Waals surface area contributed by atoms with E-state index in [-0.39, 0.29) is 0 Å². The van der Waals surface area contributed by atoms with Gasteiger partial charge in [0.1, 0.15) is 0 Å². The number of nitrogens with one attached hydrogen (secondary N) is 1. The first-order valence-corrected chi connectivity index (χ1v) is 6.05. The van der Waals surface area contributed by atoms with E-state index in [0.29, 0.717) is 6.04 Å². The lowest BCUT2D eigenvalue weighted by atomic mass is 10.1. The van der Waals surface area contributed by atoms with Crippen molar-refractivity contribution in [1.82, 2.24) is 15.3 Å². The minimum atomic E-state index is 0.403. The molecular weight excluding hydrogens is 210 g/mol. The topological polar surface area (TPSA) is 37.8 Å². The maximum atomic E-state index is 4.65. The van der Waals surface area contributed by atoms with Gasteiger partial charge in [0.25, 0.3) is 0 Å². The van der Waals surface area contributed by atoms with Crippen LogP contribution in [-0.2, 0) is 0 Å². The van der Waals surface area contributed by atoms with E-state index < -0.39 is 0 Å². The van der Waals surface area contributed by atoms with Crippen LogP contribution in [0.4, 0.5) is 0 Å². The van der Waals surface area contributed by atoms with E-state index in [1.165, 1.54) is 12.8 Å². The molecule has 17 heavy (non-hydrogen) atoms. The molecule has 0 aliphatic carbocycles. The van der Waals surface area contributed by atoms with E-state index in [1.54, 1.807) is 0 Å². The third kappa shape index (κ3) is 2.19. The minimum absolute atomic E-state index is 0.403. The quantitative estimate of drug-likeness (QED) is 0.853. The van der Waals surface area contributed by atoms with Crippen molar-refractivity contribution in [2.45, 2.75) is 18.9 Å². The molecule has 1 aliphatic heterocycles. The van der Waals surface area contributed by atoms with E-state index in [9.17, 15) is 0 Å². The van der Waals surface area contributed by atoms with Crippen LogP contribution < -0.4 is 5.32 Å². The van der Waals surface area contributed by atoms with E-state index in [4.69, 9.17) is 0 Å². The van der Waals surface area contributed by atoms with Gasteiger partial charge in [-0.3, -0.25) is 0 Å². The van der Waals surface area contributed by atoms with Gasteiger partial charge < -0.3 is 5.32 Å². The molecule has 0 radical (unpaired) electrons. The van der Waals surface area contributed by atoms with Crippen LogP contribution in [0.1, 0.15) is 24.6 Å². The van der Waals surface area contributed by atoms with Crippen molar-refractivity contribution in [2.75, 3.05) is 6.54 Å². The Labute approximate surface area is 101 Å². The van der Waals surface area contributed by atoms with Gasteiger partial charge in [-0.05, 0) is 25.5 Å². The molecule has 1 aromatic heterocycles. The molecule has 1 atom stereocenters. The minimum Gasteiger partial charge on any atom is -0.309 e. The molecule has 2 aromatic rings. The Morgan fingerprint density at radius 1 is 1.12 bits per heavy atom. The highest BCUT2D eigenvalue weighted by atomic mass is 15.0. The lowest BCUT2D eigenvalue weighted by molar-refractivity contribution is 0.626. The zero-order chi connectivity index (χ0) is 11.5. The predicted molar refractivity (Wildman–Crippen MR) is 67.4 cm³/mol. The molecule has 3 heteroatoms. The standard InChI is InChI=1S/C14H15N3/c1-2-5-11(6-3-1)14-16-10-8-13(17-14)12-7-4-9-15-12/h1-3,5-6,8,10,12,15H,4,7,9H2/t12-/m0/s1.